The zero-order valence-electron chi connectivity index (χ0n) is 28.1. The van der Waals surface area contributed by atoms with Gasteiger partial charge in [0.05, 0.1) is 27.7 Å². The fourth-order valence-electron chi connectivity index (χ4n) is 4.89. The maximum absolute atomic E-state index is 11.8. The Morgan fingerprint density at radius 3 is 2.25 bits per heavy atom. The summed E-state index contributed by atoms with van der Waals surface area (Å²) < 4.78 is 32.4. The second-order valence-electron chi connectivity index (χ2n) is 10.6. The van der Waals surface area contributed by atoms with E-state index in [-0.39, 0.29) is 78.8 Å². The van der Waals surface area contributed by atoms with Gasteiger partial charge in [0.25, 0.3) is 0 Å². The predicted molar refractivity (Wildman–Crippen MR) is 163 cm³/mol. The van der Waals surface area contributed by atoms with E-state index in [1.54, 1.807) is 7.11 Å². The summed E-state index contributed by atoms with van der Waals surface area (Å²) in [7, 11) is 9.71. The zero-order chi connectivity index (χ0) is 30.1. The van der Waals surface area contributed by atoms with Crippen molar-refractivity contribution in [3.8, 4) is 0 Å². The molecule has 2 aliphatic heterocycles. The van der Waals surface area contributed by atoms with Crippen LogP contribution in [0.2, 0.25) is 5.82 Å². The number of likely N-dealkylation sites (tertiary alicyclic amines) is 1. The number of nitrogens with one attached hydrogen (secondary N) is 1. The second kappa shape index (κ2) is 28.7. The van der Waals surface area contributed by atoms with Crippen molar-refractivity contribution in [3.63, 3.8) is 0 Å². The predicted octanol–water partition coefficient (Wildman–Crippen LogP) is 2.68. The van der Waals surface area contributed by atoms with Gasteiger partial charge in [-0.1, -0.05) is 32.7 Å². The van der Waals surface area contributed by atoms with E-state index in [4.69, 9.17) is 36.3 Å². The number of carbonyl (C=O) groups excluding carboxylic acids is 3. The molecule has 0 aliphatic carbocycles. The summed E-state index contributed by atoms with van der Waals surface area (Å²) in [5.41, 5.74) is 0. The molecular formula is C30H56BN2O9VW-. The Morgan fingerprint density at radius 2 is 1.70 bits per heavy atom. The monoisotopic (exact) mass is 834 g/mol. The molecule has 1 amide bonds. The molecule has 0 aromatic carbocycles. The average Bonchev–Trinajstić information content (AvgIpc) is 2.87. The van der Waals surface area contributed by atoms with Crippen LogP contribution in [0.4, 0.5) is 0 Å². The molecular weight excluding hydrogens is 778 g/mol. The minimum atomic E-state index is -0.615. The first-order chi connectivity index (χ1) is 19.0. The fraction of sp³-hybridized carbons (Fsp3) is 0.800. The minimum Gasteiger partial charge on any atom is -0.463 e. The van der Waals surface area contributed by atoms with Gasteiger partial charge in [-0.3, -0.25) is 14.4 Å². The third kappa shape index (κ3) is 21.4. The summed E-state index contributed by atoms with van der Waals surface area (Å²) in [6.07, 6.45) is 0.270. The maximum atomic E-state index is 11.8. The van der Waals surface area contributed by atoms with Gasteiger partial charge in [-0.15, -0.1) is 0 Å². The average molecular weight is 834 g/mol. The molecule has 11 nitrogen and oxygen atoms in total. The molecule has 2 fully saturated rings. The largest absolute Gasteiger partial charge is 2.00 e. The molecule has 0 spiro atoms. The summed E-state index contributed by atoms with van der Waals surface area (Å²) in [6, 6.07) is 0. The Morgan fingerprint density at radius 1 is 1.05 bits per heavy atom. The van der Waals surface area contributed by atoms with Crippen LogP contribution in [0.5, 0.6) is 0 Å². The first kappa shape index (κ1) is 50.4. The minimum absolute atomic E-state index is 0. The molecule has 2 rings (SSSR count). The number of hydrogen-bond acceptors (Lipinski definition) is 10. The van der Waals surface area contributed by atoms with Crippen LogP contribution in [0.15, 0.2) is 0 Å². The molecule has 0 bridgehead atoms. The summed E-state index contributed by atoms with van der Waals surface area (Å²) >= 11 is 0. The van der Waals surface area contributed by atoms with E-state index in [9.17, 15) is 14.4 Å². The van der Waals surface area contributed by atoms with Gasteiger partial charge in [0, 0.05) is 73.4 Å². The number of carbonyl (C=O) groups is 3. The molecule has 2 aliphatic rings. The summed E-state index contributed by atoms with van der Waals surface area (Å²) in [5.74, 6) is -0.0735. The van der Waals surface area contributed by atoms with Crippen molar-refractivity contribution in [1.82, 2.24) is 10.2 Å². The Balaban J connectivity index is -0.000000453. The molecule has 7 atom stereocenters. The van der Waals surface area contributed by atoms with Crippen molar-refractivity contribution in [3.05, 3.63) is 21.8 Å². The van der Waals surface area contributed by atoms with Gasteiger partial charge in [0.2, 0.25) is 5.91 Å². The molecule has 0 aromatic heterocycles. The Kier molecular flexibility index (Phi) is 32.9. The number of methoxy groups -OCH3 is 1. The van der Waals surface area contributed by atoms with E-state index in [0.29, 0.717) is 50.9 Å². The van der Waals surface area contributed by atoms with Crippen LogP contribution in [-0.4, -0.2) is 116 Å². The molecule has 1 N–H and O–H groups in total. The van der Waals surface area contributed by atoms with Gasteiger partial charge in [-0.05, 0) is 25.9 Å². The molecule has 2 heterocycles. The number of nitrogens with zero attached hydrogens (tertiary/aromatic N) is 1. The van der Waals surface area contributed by atoms with Gasteiger partial charge in [-0.25, -0.2) is 0 Å². The number of hydrogen-bond donors (Lipinski definition) is 1. The number of amides is 1. The maximum Gasteiger partial charge on any atom is 2.00 e. The van der Waals surface area contributed by atoms with Crippen molar-refractivity contribution in [2.45, 2.75) is 71.3 Å². The van der Waals surface area contributed by atoms with E-state index >= 15 is 0 Å². The first-order valence-corrected chi connectivity index (χ1v) is 14.1. The van der Waals surface area contributed by atoms with Crippen LogP contribution < -0.4 is 5.32 Å². The third-order valence-electron chi connectivity index (χ3n) is 6.90. The quantitative estimate of drug-likeness (QED) is 0.121. The van der Waals surface area contributed by atoms with Gasteiger partial charge in [0.1, 0.15) is 18.8 Å². The standard InChI is InChI=1S/C20H34NO8.C8H16BNO.2CH3.V.W/c1-6-25-11-9-21-18(24)8-7-10-26-20-14(3)13(2)19(28-16(5)23)17(29-20)12-27-15(4)22;1-10-4-7(6-11-2)3-8(9)5-10;;;;/h13-14,17,19-20H,1,6-12H2,2-5H3,(H,21,24);7-8H,3-6H2,1-2H3;2*1H3;;/q-1;;2*-1;+2;. The first-order valence-electron chi connectivity index (χ1n) is 14.1. The van der Waals surface area contributed by atoms with Crippen LogP contribution in [-0.2, 0) is 82.4 Å². The van der Waals surface area contributed by atoms with Crippen LogP contribution in [0, 0.1) is 39.5 Å². The number of rotatable bonds is 14. The van der Waals surface area contributed by atoms with Crippen molar-refractivity contribution >= 4 is 25.7 Å². The summed E-state index contributed by atoms with van der Waals surface area (Å²) in [4.78, 5) is 36.6. The number of ether oxygens (including phenoxy) is 6. The molecule has 0 saturated carbocycles. The molecule has 0 aromatic rings. The van der Waals surface area contributed by atoms with E-state index in [0.717, 1.165) is 26.1 Å². The topological polar surface area (TPSA) is 122 Å². The molecule has 7 unspecified atom stereocenters. The van der Waals surface area contributed by atoms with Crippen LogP contribution >= 0.6 is 0 Å². The normalized spacial score (nSPS) is 26.0. The fourth-order valence-corrected chi connectivity index (χ4v) is 4.89. The Bertz CT molecular complexity index is 749. The number of esters is 2. The van der Waals surface area contributed by atoms with Gasteiger partial charge in [0.15, 0.2) is 6.29 Å². The van der Waals surface area contributed by atoms with E-state index < -0.39 is 30.4 Å². The zero-order valence-corrected chi connectivity index (χ0v) is 32.4. The summed E-state index contributed by atoms with van der Waals surface area (Å²) in [5, 5.41) is 2.75. The summed E-state index contributed by atoms with van der Waals surface area (Å²) in [6.45, 7) is 14.6. The van der Waals surface area contributed by atoms with E-state index in [1.807, 2.05) is 13.8 Å². The molecule has 3 radical (unpaired) electrons. The molecule has 2 saturated heterocycles. The molecule has 44 heavy (non-hydrogen) atoms. The van der Waals surface area contributed by atoms with Crippen LogP contribution in [0.25, 0.3) is 0 Å². The van der Waals surface area contributed by atoms with E-state index in [2.05, 4.69) is 24.2 Å². The second-order valence-corrected chi connectivity index (χ2v) is 10.6. The van der Waals surface area contributed by atoms with Gasteiger partial charge < -0.3 is 60.4 Å². The SMILES string of the molecule is [B]C1CC(COC)CN(C)C1.[CH2-]COCCNC(=O)CCCOC1OC(COC(C)=O)C(OC(C)=O)C(C)C1C.[CH3-].[CH3-].[V+2].[W]. The van der Waals surface area contributed by atoms with Crippen LogP contribution in [0.3, 0.4) is 0 Å². The molecule has 14 heteroatoms. The van der Waals surface area contributed by atoms with Gasteiger partial charge in [-0.2, -0.15) is 0 Å². The van der Waals surface area contributed by atoms with Crippen LogP contribution in [0.1, 0.15) is 47.0 Å². The smallest absolute Gasteiger partial charge is 0.463 e. The van der Waals surface area contributed by atoms with E-state index in [1.165, 1.54) is 13.8 Å². The Labute approximate surface area is 294 Å². The van der Waals surface area contributed by atoms with Crippen molar-refractivity contribution < 1.29 is 82.4 Å². The van der Waals surface area contributed by atoms with Crippen molar-refractivity contribution in [1.29, 1.82) is 0 Å². The van der Waals surface area contributed by atoms with Crippen molar-refractivity contribution in [2.24, 2.45) is 17.8 Å². The van der Waals surface area contributed by atoms with Gasteiger partial charge >= 0.3 is 30.5 Å². The Hall–Kier alpha value is -0.452. The third-order valence-corrected chi connectivity index (χ3v) is 6.90. The van der Waals surface area contributed by atoms with Crippen molar-refractivity contribution in [2.75, 3.05) is 66.8 Å². The number of piperidine rings is 1. The molecule has 255 valence electrons.